The molecular weight excluding hydrogens is 130 g/mol. The molecule has 0 aliphatic heterocycles. The summed E-state index contributed by atoms with van der Waals surface area (Å²) in [5, 5.41) is 10.8. The average molecular weight is 143 g/mol. The Labute approximate surface area is 60.4 Å². The van der Waals surface area contributed by atoms with Crippen LogP contribution in [0.25, 0.3) is 0 Å². The van der Waals surface area contributed by atoms with E-state index in [0.29, 0.717) is 0 Å². The molecule has 0 heterocycles. The highest BCUT2D eigenvalue weighted by molar-refractivity contribution is 5.64. The van der Waals surface area contributed by atoms with Crippen LogP contribution in [0.4, 0.5) is 4.79 Å². The molecule has 1 amide bonds. The van der Waals surface area contributed by atoms with Crippen LogP contribution in [0.1, 0.15) is 26.2 Å². The van der Waals surface area contributed by atoms with E-state index in [9.17, 15) is 4.79 Å². The van der Waals surface area contributed by atoms with Crippen molar-refractivity contribution in [3.05, 3.63) is 0 Å². The van der Waals surface area contributed by atoms with Crippen molar-refractivity contribution >= 4 is 6.09 Å². The van der Waals surface area contributed by atoms with Gasteiger partial charge in [0.05, 0.1) is 0 Å². The summed E-state index contributed by atoms with van der Waals surface area (Å²) in [7, 11) is 0. The molecule has 2 N–H and O–H groups in total. The average Bonchev–Trinajstić information content (AvgIpc) is 1.76. The zero-order valence-electron chi connectivity index (χ0n) is 6.13. The number of amides is 1. The highest BCUT2D eigenvalue weighted by Crippen LogP contribution is 2.29. The minimum absolute atomic E-state index is 0.238. The molecule has 0 aromatic carbocycles. The number of hydrogen-bond acceptors (Lipinski definition) is 1. The van der Waals surface area contributed by atoms with Gasteiger partial charge in [-0.1, -0.05) is 13.3 Å². The fourth-order valence-electron chi connectivity index (χ4n) is 1.36. The Morgan fingerprint density at radius 1 is 1.70 bits per heavy atom. The third-order valence-corrected chi connectivity index (χ3v) is 2.14. The van der Waals surface area contributed by atoms with Gasteiger partial charge in [0.2, 0.25) is 0 Å². The first-order valence-corrected chi connectivity index (χ1v) is 3.71. The zero-order chi connectivity index (χ0) is 7.56. The molecule has 0 aromatic heterocycles. The van der Waals surface area contributed by atoms with Crippen LogP contribution in [0.15, 0.2) is 0 Å². The van der Waals surface area contributed by atoms with E-state index in [2.05, 4.69) is 12.2 Å². The van der Waals surface area contributed by atoms with Crippen molar-refractivity contribution in [2.75, 3.05) is 0 Å². The summed E-state index contributed by atoms with van der Waals surface area (Å²) in [6, 6.07) is 0.238. The smallest absolute Gasteiger partial charge is 0.404 e. The predicted octanol–water partition coefficient (Wildman–Crippen LogP) is 1.44. The molecule has 1 saturated carbocycles. The molecule has 0 atom stereocenters. The second-order valence-electron chi connectivity index (χ2n) is 2.89. The molecule has 1 aliphatic rings. The Balaban J connectivity index is 2.08. The quantitative estimate of drug-likeness (QED) is 0.614. The molecule has 0 saturated heterocycles. The molecule has 10 heavy (non-hydrogen) atoms. The lowest BCUT2D eigenvalue weighted by molar-refractivity contribution is 0.164. The van der Waals surface area contributed by atoms with Gasteiger partial charge in [0, 0.05) is 6.04 Å². The van der Waals surface area contributed by atoms with Gasteiger partial charge in [0.1, 0.15) is 0 Å². The first kappa shape index (κ1) is 7.38. The van der Waals surface area contributed by atoms with Crippen molar-refractivity contribution in [2.45, 2.75) is 32.2 Å². The largest absolute Gasteiger partial charge is 0.465 e. The van der Waals surface area contributed by atoms with Crippen LogP contribution < -0.4 is 5.32 Å². The van der Waals surface area contributed by atoms with Gasteiger partial charge in [-0.2, -0.15) is 0 Å². The molecule has 0 unspecified atom stereocenters. The van der Waals surface area contributed by atoms with Crippen LogP contribution in [-0.4, -0.2) is 17.2 Å². The molecule has 0 bridgehead atoms. The van der Waals surface area contributed by atoms with Gasteiger partial charge in [-0.15, -0.1) is 0 Å². The van der Waals surface area contributed by atoms with Crippen molar-refractivity contribution in [1.82, 2.24) is 5.32 Å². The highest BCUT2D eigenvalue weighted by Gasteiger charge is 2.28. The summed E-state index contributed by atoms with van der Waals surface area (Å²) in [6.07, 6.45) is 2.35. The third-order valence-electron chi connectivity index (χ3n) is 2.14. The maximum atomic E-state index is 10.1. The summed E-state index contributed by atoms with van der Waals surface area (Å²) >= 11 is 0. The number of carbonyl (C=O) groups is 1. The lowest BCUT2D eigenvalue weighted by atomic mass is 9.79. The Kier molecular flexibility index (Phi) is 2.14. The summed E-state index contributed by atoms with van der Waals surface area (Å²) in [5.41, 5.74) is 0. The van der Waals surface area contributed by atoms with E-state index in [1.54, 1.807) is 0 Å². The third kappa shape index (κ3) is 1.62. The Morgan fingerprint density at radius 2 is 2.30 bits per heavy atom. The Bertz CT molecular complexity index is 130. The summed E-state index contributed by atoms with van der Waals surface area (Å²) < 4.78 is 0. The second kappa shape index (κ2) is 2.90. The molecular formula is C7H13NO2. The molecule has 3 heteroatoms. The van der Waals surface area contributed by atoms with Gasteiger partial charge in [-0.05, 0) is 18.8 Å². The lowest BCUT2D eigenvalue weighted by Crippen LogP contribution is -2.43. The first-order valence-electron chi connectivity index (χ1n) is 3.71. The monoisotopic (exact) mass is 143 g/mol. The SMILES string of the molecule is CCC1CC(NC(=O)O)C1. The number of nitrogens with one attached hydrogen (secondary N) is 1. The maximum absolute atomic E-state index is 10.1. The van der Waals surface area contributed by atoms with Gasteiger partial charge in [0.25, 0.3) is 0 Å². The van der Waals surface area contributed by atoms with Crippen LogP contribution in [0.5, 0.6) is 0 Å². The Morgan fingerprint density at radius 3 is 2.70 bits per heavy atom. The van der Waals surface area contributed by atoms with E-state index < -0.39 is 6.09 Å². The van der Waals surface area contributed by atoms with E-state index in [4.69, 9.17) is 5.11 Å². The van der Waals surface area contributed by atoms with Crippen LogP contribution >= 0.6 is 0 Å². The van der Waals surface area contributed by atoms with Crippen molar-refractivity contribution < 1.29 is 9.90 Å². The standard InChI is InChI=1S/C7H13NO2/c1-2-5-3-6(4-5)8-7(9)10/h5-6,8H,2-4H2,1H3,(H,9,10). The summed E-state index contributed by atoms with van der Waals surface area (Å²) in [4.78, 5) is 10.1. The van der Waals surface area contributed by atoms with Crippen LogP contribution in [0.3, 0.4) is 0 Å². The van der Waals surface area contributed by atoms with Gasteiger partial charge >= 0.3 is 6.09 Å². The zero-order valence-corrected chi connectivity index (χ0v) is 6.13. The number of hydrogen-bond donors (Lipinski definition) is 2. The molecule has 0 aromatic rings. The van der Waals surface area contributed by atoms with Gasteiger partial charge in [-0.3, -0.25) is 0 Å². The Hall–Kier alpha value is -0.730. The maximum Gasteiger partial charge on any atom is 0.404 e. The summed E-state index contributed by atoms with van der Waals surface area (Å²) in [6.45, 7) is 2.14. The van der Waals surface area contributed by atoms with E-state index >= 15 is 0 Å². The molecule has 58 valence electrons. The van der Waals surface area contributed by atoms with Gasteiger partial charge in [0.15, 0.2) is 0 Å². The van der Waals surface area contributed by atoms with Crippen LogP contribution in [-0.2, 0) is 0 Å². The fraction of sp³-hybridized carbons (Fsp3) is 0.857. The highest BCUT2D eigenvalue weighted by atomic mass is 16.4. The lowest BCUT2D eigenvalue weighted by Gasteiger charge is -2.34. The van der Waals surface area contributed by atoms with Crippen LogP contribution in [0.2, 0.25) is 0 Å². The van der Waals surface area contributed by atoms with Crippen molar-refractivity contribution in [3.63, 3.8) is 0 Å². The predicted molar refractivity (Wildman–Crippen MR) is 38.0 cm³/mol. The normalized spacial score (nSPS) is 30.9. The van der Waals surface area contributed by atoms with Gasteiger partial charge < -0.3 is 10.4 Å². The molecule has 1 rings (SSSR count). The van der Waals surface area contributed by atoms with Crippen molar-refractivity contribution in [2.24, 2.45) is 5.92 Å². The number of carboxylic acid groups (broad SMARTS) is 1. The van der Waals surface area contributed by atoms with E-state index in [-0.39, 0.29) is 6.04 Å². The van der Waals surface area contributed by atoms with E-state index in [0.717, 1.165) is 18.8 Å². The second-order valence-corrected chi connectivity index (χ2v) is 2.89. The fourth-order valence-corrected chi connectivity index (χ4v) is 1.36. The molecule has 0 radical (unpaired) electrons. The topological polar surface area (TPSA) is 49.3 Å². The van der Waals surface area contributed by atoms with Crippen molar-refractivity contribution in [1.29, 1.82) is 0 Å². The first-order chi connectivity index (χ1) is 4.72. The minimum Gasteiger partial charge on any atom is -0.465 e. The number of rotatable bonds is 2. The summed E-state index contributed by atoms with van der Waals surface area (Å²) in [5.74, 6) is 0.761. The van der Waals surface area contributed by atoms with Gasteiger partial charge in [-0.25, -0.2) is 4.79 Å². The van der Waals surface area contributed by atoms with Crippen molar-refractivity contribution in [3.8, 4) is 0 Å². The minimum atomic E-state index is -0.889. The molecule has 1 aliphatic carbocycles. The van der Waals surface area contributed by atoms with E-state index in [1.165, 1.54) is 6.42 Å². The molecule has 0 spiro atoms. The molecule has 3 nitrogen and oxygen atoms in total. The van der Waals surface area contributed by atoms with Crippen LogP contribution in [0, 0.1) is 5.92 Å². The van der Waals surface area contributed by atoms with E-state index in [1.807, 2.05) is 0 Å². The molecule has 1 fully saturated rings.